The lowest BCUT2D eigenvalue weighted by atomic mass is 10.1. The zero-order valence-electron chi connectivity index (χ0n) is 8.71. The molecule has 2 N–H and O–H groups in total. The predicted molar refractivity (Wildman–Crippen MR) is 52.5 cm³/mol. The van der Waals surface area contributed by atoms with Crippen molar-refractivity contribution in [3.8, 4) is 0 Å². The van der Waals surface area contributed by atoms with Gasteiger partial charge in [-0.05, 0) is 12.8 Å². The zero-order chi connectivity index (χ0) is 10.3. The van der Waals surface area contributed by atoms with E-state index in [1.807, 2.05) is 6.92 Å². The minimum atomic E-state index is 0.0661. The highest BCUT2D eigenvalue weighted by Crippen LogP contribution is 1.95. The van der Waals surface area contributed by atoms with E-state index >= 15 is 0 Å². The van der Waals surface area contributed by atoms with Crippen molar-refractivity contribution in [1.82, 2.24) is 10.2 Å². The first kappa shape index (κ1) is 12.4. The van der Waals surface area contributed by atoms with Crippen LogP contribution in [0.2, 0.25) is 0 Å². The van der Waals surface area contributed by atoms with Crippen molar-refractivity contribution in [2.75, 3.05) is 27.2 Å². The molecule has 0 aromatic heterocycles. The summed E-state index contributed by atoms with van der Waals surface area (Å²) < 4.78 is 0. The number of carbonyl (C=O) groups is 1. The fraction of sp³-hybridized carbons (Fsp3) is 0.889. The minimum absolute atomic E-state index is 0.0661. The standard InChI is InChI=1S/C9H20N2O2/c1-4-8(5-6-12)10-7-9(13)11(2)3/h8,10,12H,4-7H2,1-3H3. The topological polar surface area (TPSA) is 52.6 Å². The Labute approximate surface area is 79.9 Å². The lowest BCUT2D eigenvalue weighted by molar-refractivity contribution is -0.127. The molecule has 0 aromatic carbocycles. The van der Waals surface area contributed by atoms with Gasteiger partial charge in [-0.2, -0.15) is 0 Å². The van der Waals surface area contributed by atoms with Crippen LogP contribution in [0.4, 0.5) is 0 Å². The maximum absolute atomic E-state index is 11.2. The highest BCUT2D eigenvalue weighted by atomic mass is 16.3. The summed E-state index contributed by atoms with van der Waals surface area (Å²) in [5, 5.41) is 11.8. The quantitative estimate of drug-likeness (QED) is 0.608. The Morgan fingerprint density at radius 1 is 1.54 bits per heavy atom. The second-order valence-electron chi connectivity index (χ2n) is 3.29. The number of carbonyl (C=O) groups excluding carboxylic acids is 1. The van der Waals surface area contributed by atoms with Gasteiger partial charge >= 0.3 is 0 Å². The minimum Gasteiger partial charge on any atom is -0.396 e. The van der Waals surface area contributed by atoms with Gasteiger partial charge in [0.1, 0.15) is 0 Å². The number of rotatable bonds is 6. The Morgan fingerprint density at radius 3 is 2.54 bits per heavy atom. The van der Waals surface area contributed by atoms with E-state index in [4.69, 9.17) is 5.11 Å². The average molecular weight is 188 g/mol. The maximum Gasteiger partial charge on any atom is 0.236 e. The van der Waals surface area contributed by atoms with E-state index in [-0.39, 0.29) is 18.6 Å². The molecule has 4 nitrogen and oxygen atoms in total. The largest absolute Gasteiger partial charge is 0.396 e. The molecule has 0 aromatic rings. The van der Waals surface area contributed by atoms with Crippen LogP contribution in [0.5, 0.6) is 0 Å². The number of hydrogen-bond donors (Lipinski definition) is 2. The Kier molecular flexibility index (Phi) is 6.54. The first-order valence-electron chi connectivity index (χ1n) is 4.66. The molecule has 0 bridgehead atoms. The molecule has 13 heavy (non-hydrogen) atoms. The molecule has 0 spiro atoms. The van der Waals surface area contributed by atoms with Gasteiger partial charge in [-0.25, -0.2) is 0 Å². The zero-order valence-corrected chi connectivity index (χ0v) is 8.71. The summed E-state index contributed by atoms with van der Waals surface area (Å²) >= 11 is 0. The van der Waals surface area contributed by atoms with Crippen LogP contribution >= 0.6 is 0 Å². The van der Waals surface area contributed by atoms with Crippen LogP contribution in [0.3, 0.4) is 0 Å². The fourth-order valence-electron chi connectivity index (χ4n) is 0.996. The Balaban J connectivity index is 3.65. The van der Waals surface area contributed by atoms with Gasteiger partial charge in [-0.15, -0.1) is 0 Å². The van der Waals surface area contributed by atoms with E-state index in [1.54, 1.807) is 19.0 Å². The summed E-state index contributed by atoms with van der Waals surface area (Å²) in [5.74, 6) is 0.0661. The van der Waals surface area contributed by atoms with Crippen molar-refractivity contribution in [2.45, 2.75) is 25.8 Å². The van der Waals surface area contributed by atoms with Crippen LogP contribution in [-0.2, 0) is 4.79 Å². The molecule has 4 heteroatoms. The molecular formula is C9H20N2O2. The number of nitrogens with one attached hydrogen (secondary N) is 1. The van der Waals surface area contributed by atoms with Gasteiger partial charge < -0.3 is 15.3 Å². The van der Waals surface area contributed by atoms with Crippen LogP contribution in [0.15, 0.2) is 0 Å². The molecule has 1 unspecified atom stereocenters. The van der Waals surface area contributed by atoms with E-state index in [0.717, 1.165) is 6.42 Å². The molecule has 0 rings (SSSR count). The Morgan fingerprint density at radius 2 is 2.15 bits per heavy atom. The summed E-state index contributed by atoms with van der Waals surface area (Å²) in [6.07, 6.45) is 1.64. The number of nitrogens with zero attached hydrogens (tertiary/aromatic N) is 1. The van der Waals surface area contributed by atoms with Crippen LogP contribution in [0.1, 0.15) is 19.8 Å². The summed E-state index contributed by atoms with van der Waals surface area (Å²) in [6, 6.07) is 0.244. The first-order chi connectivity index (χ1) is 6.11. The number of aliphatic hydroxyl groups is 1. The van der Waals surface area contributed by atoms with Crippen LogP contribution in [0, 0.1) is 0 Å². The molecule has 0 aliphatic heterocycles. The number of likely N-dealkylation sites (N-methyl/N-ethyl adjacent to an activating group) is 1. The van der Waals surface area contributed by atoms with Gasteiger partial charge in [-0.3, -0.25) is 4.79 Å². The van der Waals surface area contributed by atoms with Crippen LogP contribution in [-0.4, -0.2) is 49.2 Å². The normalized spacial score (nSPS) is 12.6. The van der Waals surface area contributed by atoms with Gasteiger partial charge in [0.25, 0.3) is 0 Å². The van der Waals surface area contributed by atoms with E-state index in [9.17, 15) is 4.79 Å². The van der Waals surface area contributed by atoms with Gasteiger partial charge in [0, 0.05) is 26.7 Å². The van der Waals surface area contributed by atoms with Crippen molar-refractivity contribution in [3.05, 3.63) is 0 Å². The lowest BCUT2D eigenvalue weighted by Gasteiger charge is -2.17. The fourth-order valence-corrected chi connectivity index (χ4v) is 0.996. The molecule has 1 amide bonds. The first-order valence-corrected chi connectivity index (χ1v) is 4.66. The van der Waals surface area contributed by atoms with Crippen molar-refractivity contribution in [3.63, 3.8) is 0 Å². The summed E-state index contributed by atoms with van der Waals surface area (Å²) in [7, 11) is 3.47. The van der Waals surface area contributed by atoms with Gasteiger partial charge in [0.05, 0.1) is 6.54 Å². The van der Waals surface area contributed by atoms with Gasteiger partial charge in [0.15, 0.2) is 0 Å². The molecule has 1 atom stereocenters. The molecule has 0 radical (unpaired) electrons. The molecule has 0 fully saturated rings. The molecule has 0 aliphatic carbocycles. The van der Waals surface area contributed by atoms with Gasteiger partial charge in [0.2, 0.25) is 5.91 Å². The molecule has 0 heterocycles. The third-order valence-electron chi connectivity index (χ3n) is 2.01. The summed E-state index contributed by atoms with van der Waals surface area (Å²) in [5.41, 5.74) is 0. The third kappa shape index (κ3) is 5.60. The highest BCUT2D eigenvalue weighted by molar-refractivity contribution is 5.77. The smallest absolute Gasteiger partial charge is 0.236 e. The van der Waals surface area contributed by atoms with E-state index < -0.39 is 0 Å². The second-order valence-corrected chi connectivity index (χ2v) is 3.29. The lowest BCUT2D eigenvalue weighted by Crippen LogP contribution is -2.38. The van der Waals surface area contributed by atoms with E-state index in [1.165, 1.54) is 0 Å². The number of aliphatic hydroxyl groups excluding tert-OH is 1. The highest BCUT2D eigenvalue weighted by Gasteiger charge is 2.08. The Hall–Kier alpha value is -0.610. The van der Waals surface area contributed by atoms with Gasteiger partial charge in [-0.1, -0.05) is 6.92 Å². The van der Waals surface area contributed by atoms with Crippen molar-refractivity contribution < 1.29 is 9.90 Å². The van der Waals surface area contributed by atoms with Crippen LogP contribution in [0.25, 0.3) is 0 Å². The maximum atomic E-state index is 11.2. The number of amides is 1. The summed E-state index contributed by atoms with van der Waals surface area (Å²) in [6.45, 7) is 2.56. The van der Waals surface area contributed by atoms with Crippen molar-refractivity contribution >= 4 is 5.91 Å². The molecule has 0 saturated carbocycles. The van der Waals surface area contributed by atoms with Crippen molar-refractivity contribution in [2.24, 2.45) is 0 Å². The monoisotopic (exact) mass is 188 g/mol. The average Bonchev–Trinajstić information content (AvgIpc) is 2.11. The summed E-state index contributed by atoms with van der Waals surface area (Å²) in [4.78, 5) is 12.7. The molecule has 0 aliphatic rings. The third-order valence-corrected chi connectivity index (χ3v) is 2.01. The molecule has 78 valence electrons. The predicted octanol–water partition coefficient (Wildman–Crippen LogP) is -0.175. The Bertz CT molecular complexity index is 149. The molecular weight excluding hydrogens is 168 g/mol. The number of hydrogen-bond acceptors (Lipinski definition) is 3. The second kappa shape index (κ2) is 6.86. The van der Waals surface area contributed by atoms with E-state index in [0.29, 0.717) is 13.0 Å². The molecule has 0 saturated heterocycles. The van der Waals surface area contributed by atoms with E-state index in [2.05, 4.69) is 5.32 Å². The van der Waals surface area contributed by atoms with Crippen LogP contribution < -0.4 is 5.32 Å². The van der Waals surface area contributed by atoms with Crippen molar-refractivity contribution in [1.29, 1.82) is 0 Å². The SMILES string of the molecule is CCC(CCO)NCC(=O)N(C)C.